The summed E-state index contributed by atoms with van der Waals surface area (Å²) in [6.07, 6.45) is 5.72. The normalized spacial score (nSPS) is 11.3. The fourth-order valence-corrected chi connectivity index (χ4v) is 3.36. The number of fused-ring (bicyclic) bond motifs is 1. The molecule has 0 amide bonds. The first-order valence-electron chi connectivity index (χ1n) is 7.48. The predicted octanol–water partition coefficient (Wildman–Crippen LogP) is 4.53. The van der Waals surface area contributed by atoms with E-state index in [0.717, 1.165) is 33.9 Å². The number of aromatic nitrogens is 4. The lowest BCUT2D eigenvalue weighted by molar-refractivity contribution is 0.630. The molecule has 4 heterocycles. The van der Waals surface area contributed by atoms with E-state index in [0.29, 0.717) is 0 Å². The lowest BCUT2D eigenvalue weighted by Crippen LogP contribution is -1.97. The van der Waals surface area contributed by atoms with Crippen molar-refractivity contribution in [1.29, 1.82) is 0 Å². The van der Waals surface area contributed by atoms with Crippen molar-refractivity contribution in [2.24, 2.45) is 0 Å². The van der Waals surface area contributed by atoms with Gasteiger partial charge in [0, 0.05) is 35.7 Å². The third-order valence-electron chi connectivity index (χ3n) is 3.94. The zero-order valence-corrected chi connectivity index (χ0v) is 13.4. The molecule has 0 aliphatic rings. The molecule has 0 radical (unpaired) electrons. The van der Waals surface area contributed by atoms with E-state index < -0.39 is 0 Å². The molecule has 0 aliphatic heterocycles. The summed E-state index contributed by atoms with van der Waals surface area (Å²) in [7, 11) is 0. The SMILES string of the molecule is c1cc(-n2cccn2)cc(-n2ccc3oc(-c4cscn4)cc32)c1. The molecule has 24 heavy (non-hydrogen) atoms. The molecule has 6 heteroatoms. The molecular weight excluding hydrogens is 320 g/mol. The maximum Gasteiger partial charge on any atom is 0.156 e. The minimum atomic E-state index is 0.791. The fraction of sp³-hybridized carbons (Fsp3) is 0. The van der Waals surface area contributed by atoms with Crippen molar-refractivity contribution in [1.82, 2.24) is 19.3 Å². The molecule has 0 unspecified atom stereocenters. The van der Waals surface area contributed by atoms with Gasteiger partial charge < -0.3 is 8.98 Å². The lowest BCUT2D eigenvalue weighted by atomic mass is 10.2. The van der Waals surface area contributed by atoms with Crippen molar-refractivity contribution < 1.29 is 4.42 Å². The van der Waals surface area contributed by atoms with Crippen LogP contribution in [0.3, 0.4) is 0 Å². The number of thiazole rings is 1. The summed E-state index contributed by atoms with van der Waals surface area (Å²) in [5.41, 5.74) is 6.63. The molecule has 1 aromatic carbocycles. The van der Waals surface area contributed by atoms with E-state index in [1.54, 1.807) is 17.5 Å². The molecule has 116 valence electrons. The standard InChI is InChI=1S/C18H12N4OS/c1-3-13(9-14(4-1)22-7-2-6-20-22)21-8-5-17-16(21)10-18(23-17)15-11-24-12-19-15/h1-12H. The minimum absolute atomic E-state index is 0.791. The summed E-state index contributed by atoms with van der Waals surface area (Å²) < 4.78 is 9.88. The van der Waals surface area contributed by atoms with Gasteiger partial charge >= 0.3 is 0 Å². The van der Waals surface area contributed by atoms with Crippen LogP contribution in [0.4, 0.5) is 0 Å². The molecule has 0 N–H and O–H groups in total. The average Bonchev–Trinajstić information content (AvgIpc) is 3.38. The Morgan fingerprint density at radius 3 is 2.79 bits per heavy atom. The zero-order valence-electron chi connectivity index (χ0n) is 12.5. The van der Waals surface area contributed by atoms with Gasteiger partial charge in [0.1, 0.15) is 5.69 Å². The first-order chi connectivity index (χ1) is 11.9. The number of furan rings is 1. The Kier molecular flexibility index (Phi) is 2.89. The lowest BCUT2D eigenvalue weighted by Gasteiger charge is -2.07. The van der Waals surface area contributed by atoms with Gasteiger partial charge in [-0.05, 0) is 30.3 Å². The average molecular weight is 332 g/mol. The van der Waals surface area contributed by atoms with Gasteiger partial charge in [0.25, 0.3) is 0 Å². The Hall–Kier alpha value is -3.12. The second-order valence-electron chi connectivity index (χ2n) is 5.39. The monoisotopic (exact) mass is 332 g/mol. The zero-order chi connectivity index (χ0) is 15.9. The second-order valence-corrected chi connectivity index (χ2v) is 6.11. The molecular formula is C18H12N4OS. The number of nitrogens with zero attached hydrogens (tertiary/aromatic N) is 4. The van der Waals surface area contributed by atoms with Crippen LogP contribution in [0.2, 0.25) is 0 Å². The first-order valence-corrected chi connectivity index (χ1v) is 8.43. The molecule has 0 atom stereocenters. The molecule has 5 rings (SSSR count). The van der Waals surface area contributed by atoms with Crippen molar-refractivity contribution in [2.45, 2.75) is 0 Å². The summed E-state index contributed by atoms with van der Waals surface area (Å²) in [4.78, 5) is 4.32. The van der Waals surface area contributed by atoms with E-state index in [-0.39, 0.29) is 0 Å². The molecule has 4 aromatic heterocycles. The van der Waals surface area contributed by atoms with Gasteiger partial charge in [0.05, 0.1) is 16.7 Å². The largest absolute Gasteiger partial charge is 0.453 e. The van der Waals surface area contributed by atoms with Gasteiger partial charge in [0.2, 0.25) is 0 Å². The topological polar surface area (TPSA) is 48.8 Å². The number of hydrogen-bond acceptors (Lipinski definition) is 4. The Morgan fingerprint density at radius 1 is 1.00 bits per heavy atom. The van der Waals surface area contributed by atoms with Crippen LogP contribution in [-0.4, -0.2) is 19.3 Å². The van der Waals surface area contributed by atoms with Gasteiger partial charge in [-0.2, -0.15) is 5.10 Å². The molecule has 0 bridgehead atoms. The Labute approximate surface area is 141 Å². The highest BCUT2D eigenvalue weighted by molar-refractivity contribution is 7.07. The van der Waals surface area contributed by atoms with Gasteiger partial charge in [-0.1, -0.05) is 6.07 Å². The minimum Gasteiger partial charge on any atom is -0.453 e. The summed E-state index contributed by atoms with van der Waals surface area (Å²) in [5, 5.41) is 6.28. The second kappa shape index (κ2) is 5.21. The fourth-order valence-electron chi connectivity index (χ4n) is 2.82. The highest BCUT2D eigenvalue weighted by Crippen LogP contribution is 2.30. The highest BCUT2D eigenvalue weighted by atomic mass is 32.1. The van der Waals surface area contributed by atoms with Crippen LogP contribution >= 0.6 is 11.3 Å². The van der Waals surface area contributed by atoms with Gasteiger partial charge in [-0.15, -0.1) is 11.3 Å². The summed E-state index contributed by atoms with van der Waals surface area (Å²) in [6.45, 7) is 0. The molecule has 5 nitrogen and oxygen atoms in total. The van der Waals surface area contributed by atoms with Gasteiger partial charge in [-0.3, -0.25) is 0 Å². The van der Waals surface area contributed by atoms with E-state index in [2.05, 4.69) is 26.8 Å². The van der Waals surface area contributed by atoms with E-state index in [1.807, 2.05) is 58.3 Å². The summed E-state index contributed by atoms with van der Waals surface area (Å²) in [6, 6.07) is 14.2. The van der Waals surface area contributed by atoms with Gasteiger partial charge in [-0.25, -0.2) is 9.67 Å². The van der Waals surface area contributed by atoms with Crippen molar-refractivity contribution in [3.63, 3.8) is 0 Å². The number of rotatable bonds is 3. The van der Waals surface area contributed by atoms with Crippen molar-refractivity contribution in [3.8, 4) is 22.8 Å². The Bertz CT molecular complexity index is 1100. The van der Waals surface area contributed by atoms with Crippen LogP contribution < -0.4 is 0 Å². The Morgan fingerprint density at radius 2 is 1.96 bits per heavy atom. The molecule has 0 saturated heterocycles. The predicted molar refractivity (Wildman–Crippen MR) is 93.8 cm³/mol. The van der Waals surface area contributed by atoms with E-state index in [9.17, 15) is 0 Å². The molecule has 0 fully saturated rings. The third kappa shape index (κ3) is 2.08. The molecule has 0 spiro atoms. The summed E-state index contributed by atoms with van der Waals surface area (Å²) in [5.74, 6) is 0.791. The smallest absolute Gasteiger partial charge is 0.156 e. The Balaban J connectivity index is 1.63. The number of benzene rings is 1. The van der Waals surface area contributed by atoms with E-state index >= 15 is 0 Å². The van der Waals surface area contributed by atoms with E-state index in [4.69, 9.17) is 4.42 Å². The van der Waals surface area contributed by atoms with Crippen LogP contribution in [0, 0.1) is 0 Å². The quantitative estimate of drug-likeness (QED) is 0.487. The third-order valence-corrected chi connectivity index (χ3v) is 4.52. The summed E-state index contributed by atoms with van der Waals surface area (Å²) >= 11 is 1.56. The van der Waals surface area contributed by atoms with Gasteiger partial charge in [0.15, 0.2) is 11.3 Å². The van der Waals surface area contributed by atoms with Crippen LogP contribution in [0.15, 0.2) is 76.4 Å². The van der Waals surface area contributed by atoms with Crippen LogP contribution in [-0.2, 0) is 0 Å². The maximum absolute atomic E-state index is 5.92. The number of hydrogen-bond donors (Lipinski definition) is 0. The van der Waals surface area contributed by atoms with Crippen molar-refractivity contribution >= 4 is 22.4 Å². The van der Waals surface area contributed by atoms with Crippen LogP contribution in [0.5, 0.6) is 0 Å². The van der Waals surface area contributed by atoms with Crippen LogP contribution in [0.1, 0.15) is 0 Å². The molecule has 5 aromatic rings. The van der Waals surface area contributed by atoms with Crippen molar-refractivity contribution in [2.75, 3.05) is 0 Å². The molecule has 0 saturated carbocycles. The molecule has 0 aliphatic carbocycles. The van der Waals surface area contributed by atoms with Crippen LogP contribution in [0.25, 0.3) is 33.9 Å². The first kappa shape index (κ1) is 13.3. The van der Waals surface area contributed by atoms with Crippen molar-refractivity contribution in [3.05, 3.63) is 71.9 Å². The maximum atomic E-state index is 5.92. The van der Waals surface area contributed by atoms with E-state index in [1.165, 1.54) is 0 Å². The highest BCUT2D eigenvalue weighted by Gasteiger charge is 2.12.